The zero-order valence-electron chi connectivity index (χ0n) is 19.3. The summed E-state index contributed by atoms with van der Waals surface area (Å²) in [4.78, 5) is 28.1. The summed E-state index contributed by atoms with van der Waals surface area (Å²) >= 11 is 0. The highest BCUT2D eigenvalue weighted by Crippen LogP contribution is 2.15. The molecule has 4 nitrogen and oxygen atoms in total. The molecule has 0 bridgehead atoms. The quantitative estimate of drug-likeness (QED) is 0.693. The second-order valence-corrected chi connectivity index (χ2v) is 9.16. The molecule has 162 valence electrons. The molecule has 1 N–H and O–H groups in total. The summed E-state index contributed by atoms with van der Waals surface area (Å²) in [5.74, 6) is -0.0984. The Kier molecular flexibility index (Phi) is 8.22. The van der Waals surface area contributed by atoms with E-state index in [4.69, 9.17) is 0 Å². The topological polar surface area (TPSA) is 49.4 Å². The van der Waals surface area contributed by atoms with Gasteiger partial charge >= 0.3 is 0 Å². The first-order valence-corrected chi connectivity index (χ1v) is 10.8. The summed E-state index contributed by atoms with van der Waals surface area (Å²) in [6.45, 7) is 12.4. The number of carbonyl (C=O) groups is 2. The maximum absolute atomic E-state index is 13.4. The van der Waals surface area contributed by atoms with Gasteiger partial charge < -0.3 is 10.2 Å². The van der Waals surface area contributed by atoms with Gasteiger partial charge in [-0.3, -0.25) is 9.59 Å². The van der Waals surface area contributed by atoms with E-state index in [0.717, 1.165) is 28.7 Å². The van der Waals surface area contributed by atoms with E-state index in [2.05, 4.69) is 35.6 Å². The van der Waals surface area contributed by atoms with Crippen LogP contribution in [0.25, 0.3) is 0 Å². The van der Waals surface area contributed by atoms with Gasteiger partial charge in [0.2, 0.25) is 11.8 Å². The van der Waals surface area contributed by atoms with Gasteiger partial charge in [0.25, 0.3) is 0 Å². The van der Waals surface area contributed by atoms with Crippen molar-refractivity contribution in [1.29, 1.82) is 0 Å². The lowest BCUT2D eigenvalue weighted by molar-refractivity contribution is -0.140. The van der Waals surface area contributed by atoms with E-state index in [-0.39, 0.29) is 17.4 Å². The van der Waals surface area contributed by atoms with Crippen LogP contribution in [0.15, 0.2) is 48.5 Å². The molecule has 0 saturated heterocycles. The molecule has 0 spiro atoms. The molecule has 2 aromatic carbocycles. The van der Waals surface area contributed by atoms with Gasteiger partial charge in [-0.25, -0.2) is 0 Å². The van der Waals surface area contributed by atoms with E-state index < -0.39 is 6.04 Å². The van der Waals surface area contributed by atoms with E-state index in [1.165, 1.54) is 0 Å². The molecule has 4 heteroatoms. The zero-order chi connectivity index (χ0) is 22.3. The van der Waals surface area contributed by atoms with Crippen LogP contribution in [0.1, 0.15) is 56.4 Å². The van der Waals surface area contributed by atoms with E-state index in [9.17, 15) is 9.59 Å². The van der Waals surface area contributed by atoms with Crippen LogP contribution in [0.2, 0.25) is 0 Å². The SMILES string of the molecule is CC[C@H](C(=O)NC(C)(C)C)N(CCc1ccccc1)C(=O)Cc1cc(C)cc(C)c1. The summed E-state index contributed by atoms with van der Waals surface area (Å²) in [6, 6.07) is 15.8. The third-order valence-electron chi connectivity index (χ3n) is 5.01. The first-order chi connectivity index (χ1) is 14.1. The second-order valence-electron chi connectivity index (χ2n) is 9.16. The average Bonchev–Trinajstić information content (AvgIpc) is 2.63. The number of nitrogens with zero attached hydrogens (tertiary/aromatic N) is 1. The molecule has 30 heavy (non-hydrogen) atoms. The smallest absolute Gasteiger partial charge is 0.243 e. The fourth-order valence-corrected chi connectivity index (χ4v) is 3.80. The number of hydrogen-bond donors (Lipinski definition) is 1. The fraction of sp³-hybridized carbons (Fsp3) is 0.462. The average molecular weight is 409 g/mol. The van der Waals surface area contributed by atoms with Crippen LogP contribution in [0, 0.1) is 13.8 Å². The van der Waals surface area contributed by atoms with E-state index in [1.54, 1.807) is 4.90 Å². The molecule has 0 saturated carbocycles. The van der Waals surface area contributed by atoms with Crippen molar-refractivity contribution in [2.45, 2.75) is 72.4 Å². The molecule has 2 rings (SSSR count). The number of amides is 2. The van der Waals surface area contributed by atoms with Gasteiger partial charge in [-0.2, -0.15) is 0 Å². The second kappa shape index (κ2) is 10.4. The van der Waals surface area contributed by atoms with E-state index in [1.807, 2.05) is 59.7 Å². The first-order valence-electron chi connectivity index (χ1n) is 10.8. The van der Waals surface area contributed by atoms with Crippen molar-refractivity contribution in [2.75, 3.05) is 6.54 Å². The molecule has 0 aliphatic carbocycles. The minimum absolute atomic E-state index is 0.00756. The summed E-state index contributed by atoms with van der Waals surface area (Å²) in [5, 5.41) is 3.05. The van der Waals surface area contributed by atoms with Crippen molar-refractivity contribution < 1.29 is 9.59 Å². The van der Waals surface area contributed by atoms with Crippen LogP contribution in [0.3, 0.4) is 0 Å². The number of nitrogens with one attached hydrogen (secondary N) is 1. The monoisotopic (exact) mass is 408 g/mol. The predicted octanol–water partition coefficient (Wildman–Crippen LogP) is 4.61. The van der Waals surface area contributed by atoms with Gasteiger partial charge in [0, 0.05) is 12.1 Å². The summed E-state index contributed by atoms with van der Waals surface area (Å²) in [7, 11) is 0. The van der Waals surface area contributed by atoms with Crippen LogP contribution in [0.5, 0.6) is 0 Å². The fourth-order valence-electron chi connectivity index (χ4n) is 3.80. The Hall–Kier alpha value is -2.62. The van der Waals surface area contributed by atoms with Crippen molar-refractivity contribution in [3.63, 3.8) is 0 Å². The van der Waals surface area contributed by atoms with Crippen LogP contribution in [0.4, 0.5) is 0 Å². The molecule has 0 fully saturated rings. The predicted molar refractivity (Wildman–Crippen MR) is 123 cm³/mol. The number of rotatable bonds is 8. The number of hydrogen-bond acceptors (Lipinski definition) is 2. The molecular formula is C26H36N2O2. The van der Waals surface area contributed by atoms with Crippen molar-refractivity contribution in [3.05, 3.63) is 70.8 Å². The van der Waals surface area contributed by atoms with Crippen molar-refractivity contribution in [2.24, 2.45) is 0 Å². The minimum Gasteiger partial charge on any atom is -0.350 e. The van der Waals surface area contributed by atoms with Crippen molar-refractivity contribution in [1.82, 2.24) is 10.2 Å². The largest absolute Gasteiger partial charge is 0.350 e. The van der Waals surface area contributed by atoms with Gasteiger partial charge in [-0.05, 0) is 58.6 Å². The third-order valence-corrected chi connectivity index (χ3v) is 5.01. The van der Waals surface area contributed by atoms with Crippen molar-refractivity contribution >= 4 is 11.8 Å². The maximum atomic E-state index is 13.4. The number of carbonyl (C=O) groups excluding carboxylic acids is 2. The Morgan fingerprint density at radius 2 is 1.57 bits per heavy atom. The lowest BCUT2D eigenvalue weighted by atomic mass is 10.0. The Balaban J connectivity index is 2.25. The summed E-state index contributed by atoms with van der Waals surface area (Å²) in [6.07, 6.45) is 1.60. The van der Waals surface area contributed by atoms with Gasteiger partial charge in [0.1, 0.15) is 6.04 Å². The Bertz CT molecular complexity index is 833. The Morgan fingerprint density at radius 3 is 2.10 bits per heavy atom. The lowest BCUT2D eigenvalue weighted by Gasteiger charge is -2.33. The van der Waals surface area contributed by atoms with Crippen LogP contribution < -0.4 is 5.32 Å². The minimum atomic E-state index is -0.480. The molecule has 0 aromatic heterocycles. The maximum Gasteiger partial charge on any atom is 0.243 e. The molecule has 0 unspecified atom stereocenters. The summed E-state index contributed by atoms with van der Waals surface area (Å²) in [5.41, 5.74) is 4.10. The highest BCUT2D eigenvalue weighted by Gasteiger charge is 2.30. The lowest BCUT2D eigenvalue weighted by Crippen LogP contribution is -2.54. The molecule has 0 aliphatic rings. The van der Waals surface area contributed by atoms with Gasteiger partial charge in [0.15, 0.2) is 0 Å². The van der Waals surface area contributed by atoms with E-state index in [0.29, 0.717) is 19.4 Å². The molecule has 0 aliphatic heterocycles. The molecule has 0 radical (unpaired) electrons. The standard InChI is InChI=1S/C26H36N2O2/c1-7-23(25(30)27-26(4,5)6)28(14-13-21-11-9-8-10-12-21)24(29)18-22-16-19(2)15-20(3)17-22/h8-12,15-17,23H,7,13-14,18H2,1-6H3,(H,27,30)/t23-/m1/s1. The highest BCUT2D eigenvalue weighted by molar-refractivity contribution is 5.88. The zero-order valence-corrected chi connectivity index (χ0v) is 19.3. The molecule has 1 atom stereocenters. The third kappa shape index (κ3) is 7.33. The Morgan fingerprint density at radius 1 is 0.967 bits per heavy atom. The van der Waals surface area contributed by atoms with Gasteiger partial charge in [0.05, 0.1) is 6.42 Å². The summed E-state index contributed by atoms with van der Waals surface area (Å²) < 4.78 is 0. The van der Waals surface area contributed by atoms with Gasteiger partial charge in [-0.1, -0.05) is 66.6 Å². The molecular weight excluding hydrogens is 372 g/mol. The molecule has 2 amide bonds. The first kappa shape index (κ1) is 23.7. The van der Waals surface area contributed by atoms with Crippen LogP contribution in [-0.4, -0.2) is 34.8 Å². The Labute approximate surface area is 181 Å². The molecule has 2 aromatic rings. The van der Waals surface area contributed by atoms with E-state index >= 15 is 0 Å². The van der Waals surface area contributed by atoms with Crippen LogP contribution >= 0.6 is 0 Å². The molecule has 0 heterocycles. The number of benzene rings is 2. The van der Waals surface area contributed by atoms with Crippen molar-refractivity contribution in [3.8, 4) is 0 Å². The number of aryl methyl sites for hydroxylation is 2. The highest BCUT2D eigenvalue weighted by atomic mass is 16.2. The normalized spacial score (nSPS) is 12.3. The van der Waals surface area contributed by atoms with Crippen LogP contribution in [-0.2, 0) is 22.4 Å². The van der Waals surface area contributed by atoms with Gasteiger partial charge in [-0.15, -0.1) is 0 Å².